The van der Waals surface area contributed by atoms with Gasteiger partial charge in [-0.05, 0) is 24.8 Å². The molecule has 0 spiro atoms. The predicted molar refractivity (Wildman–Crippen MR) is 72.7 cm³/mol. The molecule has 7 nitrogen and oxygen atoms in total. The zero-order valence-corrected chi connectivity index (χ0v) is 12.2. The highest BCUT2D eigenvalue weighted by Crippen LogP contribution is 2.20. The van der Waals surface area contributed by atoms with Gasteiger partial charge in [0.15, 0.2) is 0 Å². The average molecular weight is 281 g/mol. The Bertz CT molecular complexity index is 599. The summed E-state index contributed by atoms with van der Waals surface area (Å²) in [6.07, 6.45) is 0. The lowest BCUT2D eigenvalue weighted by Crippen LogP contribution is -2.50. The maximum absolute atomic E-state index is 12.2. The highest BCUT2D eigenvalue weighted by molar-refractivity contribution is 5.97. The van der Waals surface area contributed by atoms with Crippen LogP contribution in [0.25, 0.3) is 0 Å². The first-order valence-electron chi connectivity index (χ1n) is 6.15. The number of carboxylic acids is 1. The van der Waals surface area contributed by atoms with Crippen LogP contribution >= 0.6 is 0 Å². The number of amides is 1. The molecule has 7 heteroatoms. The van der Waals surface area contributed by atoms with Crippen LogP contribution in [0.1, 0.15) is 42.4 Å². The topological polar surface area (TPSA) is 112 Å². The summed E-state index contributed by atoms with van der Waals surface area (Å²) in [4.78, 5) is 35.1. The zero-order valence-electron chi connectivity index (χ0n) is 12.2. The molecule has 0 aliphatic heterocycles. The summed E-state index contributed by atoms with van der Waals surface area (Å²) in [5, 5.41) is 17.5. The Labute approximate surface area is 116 Å². The van der Waals surface area contributed by atoms with E-state index >= 15 is 0 Å². The summed E-state index contributed by atoms with van der Waals surface area (Å²) in [6, 6.07) is -1.10. The number of hydrogen-bond donors (Lipinski definition) is 3. The van der Waals surface area contributed by atoms with Gasteiger partial charge in [-0.3, -0.25) is 9.59 Å². The van der Waals surface area contributed by atoms with E-state index in [4.69, 9.17) is 0 Å². The van der Waals surface area contributed by atoms with Gasteiger partial charge in [-0.25, -0.2) is 9.89 Å². The van der Waals surface area contributed by atoms with Crippen molar-refractivity contribution in [3.05, 3.63) is 27.2 Å². The number of aromatic nitrogens is 2. The highest BCUT2D eigenvalue weighted by Gasteiger charge is 2.33. The Morgan fingerprint density at radius 3 is 2.30 bits per heavy atom. The van der Waals surface area contributed by atoms with Crippen LogP contribution in [-0.2, 0) is 4.79 Å². The van der Waals surface area contributed by atoms with Gasteiger partial charge < -0.3 is 10.4 Å². The number of H-pyrrole nitrogens is 1. The third kappa shape index (κ3) is 3.23. The lowest BCUT2D eigenvalue weighted by Gasteiger charge is -2.27. The Hall–Kier alpha value is -2.18. The molecule has 0 bridgehead atoms. The molecule has 0 aliphatic rings. The van der Waals surface area contributed by atoms with E-state index in [0.29, 0.717) is 11.3 Å². The number of aliphatic carboxylic acids is 1. The van der Waals surface area contributed by atoms with Crippen LogP contribution in [0.3, 0.4) is 0 Å². The molecule has 1 heterocycles. The lowest BCUT2D eigenvalue weighted by atomic mass is 9.86. The first kappa shape index (κ1) is 15.9. The highest BCUT2D eigenvalue weighted by atomic mass is 16.4. The minimum Gasteiger partial charge on any atom is -0.480 e. The molecule has 110 valence electrons. The largest absolute Gasteiger partial charge is 0.480 e. The normalized spacial score (nSPS) is 12.8. The molecule has 1 amide bonds. The molecule has 0 aromatic carbocycles. The number of carbonyl (C=O) groups excluding carboxylic acids is 1. The summed E-state index contributed by atoms with van der Waals surface area (Å²) < 4.78 is 0. The molecular formula is C13H19N3O4. The average Bonchev–Trinajstić information content (AvgIpc) is 2.29. The molecule has 20 heavy (non-hydrogen) atoms. The van der Waals surface area contributed by atoms with Gasteiger partial charge in [0.25, 0.3) is 11.5 Å². The van der Waals surface area contributed by atoms with E-state index in [9.17, 15) is 19.5 Å². The Kier molecular flexibility index (Phi) is 4.32. The van der Waals surface area contributed by atoms with Crippen LogP contribution in [0.4, 0.5) is 0 Å². The first-order chi connectivity index (χ1) is 9.05. The van der Waals surface area contributed by atoms with E-state index in [-0.39, 0.29) is 5.56 Å². The summed E-state index contributed by atoms with van der Waals surface area (Å²) >= 11 is 0. The van der Waals surface area contributed by atoms with Crippen molar-refractivity contribution in [1.82, 2.24) is 15.5 Å². The number of carbonyl (C=O) groups is 2. The molecule has 0 radical (unpaired) electrons. The van der Waals surface area contributed by atoms with Gasteiger partial charge in [0.2, 0.25) is 0 Å². The monoisotopic (exact) mass is 281 g/mol. The second-order valence-corrected chi connectivity index (χ2v) is 5.75. The van der Waals surface area contributed by atoms with Crippen molar-refractivity contribution in [3.63, 3.8) is 0 Å². The smallest absolute Gasteiger partial charge is 0.326 e. The number of carboxylic acid groups (broad SMARTS) is 1. The van der Waals surface area contributed by atoms with Crippen molar-refractivity contribution < 1.29 is 14.7 Å². The van der Waals surface area contributed by atoms with Gasteiger partial charge in [0.05, 0.1) is 5.69 Å². The SMILES string of the molecule is Cc1n[nH]c(=O)c(C(=O)N[C@@H](C(=O)O)C(C)(C)C)c1C. The van der Waals surface area contributed by atoms with Crippen molar-refractivity contribution in [3.8, 4) is 0 Å². The fraction of sp³-hybridized carbons (Fsp3) is 0.538. The number of nitrogens with zero attached hydrogens (tertiary/aromatic N) is 1. The first-order valence-corrected chi connectivity index (χ1v) is 6.15. The standard InChI is InChI=1S/C13H19N3O4/c1-6-7(2)15-16-11(18)8(6)10(17)14-9(12(19)20)13(3,4)5/h9H,1-5H3,(H,14,17)(H,16,18)(H,19,20)/t9-/m0/s1. The second-order valence-electron chi connectivity index (χ2n) is 5.75. The van der Waals surface area contributed by atoms with Crippen molar-refractivity contribution >= 4 is 11.9 Å². The molecule has 3 N–H and O–H groups in total. The number of hydrogen-bond acceptors (Lipinski definition) is 4. The van der Waals surface area contributed by atoms with Gasteiger partial charge in [-0.2, -0.15) is 5.10 Å². The quantitative estimate of drug-likeness (QED) is 0.751. The van der Waals surface area contributed by atoms with Crippen LogP contribution < -0.4 is 10.9 Å². The number of rotatable bonds is 3. The second kappa shape index (κ2) is 5.44. The molecule has 0 fully saturated rings. The predicted octanol–water partition coefficient (Wildman–Crippen LogP) is 0.616. The number of nitrogens with one attached hydrogen (secondary N) is 2. The van der Waals surface area contributed by atoms with Crippen molar-refractivity contribution in [2.75, 3.05) is 0 Å². The molecule has 1 atom stereocenters. The molecule has 0 saturated heterocycles. The van der Waals surface area contributed by atoms with E-state index < -0.39 is 28.9 Å². The van der Waals surface area contributed by atoms with Crippen LogP contribution in [0.15, 0.2) is 4.79 Å². The molecule has 1 aromatic rings. The van der Waals surface area contributed by atoms with Crippen molar-refractivity contribution in [1.29, 1.82) is 0 Å². The van der Waals surface area contributed by atoms with E-state index in [1.807, 2.05) is 0 Å². The van der Waals surface area contributed by atoms with E-state index in [1.165, 1.54) is 0 Å². The summed E-state index contributed by atoms with van der Waals surface area (Å²) in [7, 11) is 0. The molecule has 0 aliphatic carbocycles. The van der Waals surface area contributed by atoms with Crippen molar-refractivity contribution in [2.45, 2.75) is 40.7 Å². The third-order valence-corrected chi connectivity index (χ3v) is 3.09. The van der Waals surface area contributed by atoms with Gasteiger partial charge >= 0.3 is 5.97 Å². The van der Waals surface area contributed by atoms with E-state index in [2.05, 4.69) is 15.5 Å². The van der Waals surface area contributed by atoms with Gasteiger partial charge in [0, 0.05) is 0 Å². The number of aromatic amines is 1. The zero-order chi connectivity index (χ0) is 15.7. The van der Waals surface area contributed by atoms with Crippen LogP contribution in [-0.4, -0.2) is 33.2 Å². The lowest BCUT2D eigenvalue weighted by molar-refractivity contribution is -0.142. The van der Waals surface area contributed by atoms with Crippen LogP contribution in [0, 0.1) is 19.3 Å². The third-order valence-electron chi connectivity index (χ3n) is 3.09. The Balaban J connectivity index is 3.18. The maximum atomic E-state index is 12.2. The molecular weight excluding hydrogens is 262 g/mol. The summed E-state index contributed by atoms with van der Waals surface area (Å²) in [6.45, 7) is 8.34. The van der Waals surface area contributed by atoms with Crippen LogP contribution in [0.2, 0.25) is 0 Å². The Morgan fingerprint density at radius 1 is 1.30 bits per heavy atom. The molecule has 1 rings (SSSR count). The minimum absolute atomic E-state index is 0.104. The Morgan fingerprint density at radius 2 is 1.85 bits per heavy atom. The van der Waals surface area contributed by atoms with Crippen LogP contribution in [0.5, 0.6) is 0 Å². The van der Waals surface area contributed by atoms with Gasteiger partial charge in [-0.15, -0.1) is 0 Å². The maximum Gasteiger partial charge on any atom is 0.326 e. The van der Waals surface area contributed by atoms with E-state index in [0.717, 1.165) is 0 Å². The molecule has 1 aromatic heterocycles. The minimum atomic E-state index is -1.15. The van der Waals surface area contributed by atoms with E-state index in [1.54, 1.807) is 34.6 Å². The number of aryl methyl sites for hydroxylation is 1. The fourth-order valence-corrected chi connectivity index (χ4v) is 1.75. The molecule has 0 unspecified atom stereocenters. The van der Waals surface area contributed by atoms with Gasteiger partial charge in [0.1, 0.15) is 11.6 Å². The summed E-state index contributed by atoms with van der Waals surface area (Å²) in [5.74, 6) is -1.86. The van der Waals surface area contributed by atoms with Gasteiger partial charge in [-0.1, -0.05) is 20.8 Å². The summed E-state index contributed by atoms with van der Waals surface area (Å²) in [5.41, 5.74) is -0.470. The molecule has 0 saturated carbocycles. The fourth-order valence-electron chi connectivity index (χ4n) is 1.75. The van der Waals surface area contributed by atoms with Crippen molar-refractivity contribution in [2.24, 2.45) is 5.41 Å².